The molecular weight excluding hydrogens is 676 g/mol. The highest BCUT2D eigenvalue weighted by Gasteiger charge is 2.45. The van der Waals surface area contributed by atoms with E-state index in [1.54, 1.807) is 11.3 Å². The average molecular weight is 705 g/mol. The van der Waals surface area contributed by atoms with Crippen molar-refractivity contribution in [1.29, 1.82) is 0 Å². The molecule has 1 aliphatic heterocycles. The summed E-state index contributed by atoms with van der Waals surface area (Å²) in [6, 6.07) is 59.2. The lowest BCUT2D eigenvalue weighted by molar-refractivity contribution is 0.587. The predicted molar refractivity (Wildman–Crippen MR) is 216 cm³/mol. The second kappa shape index (κ2) is 12.2. The number of fused-ring (bicyclic) bond motifs is 6. The minimum Gasteiger partial charge on any atom is -0.289 e. The summed E-state index contributed by atoms with van der Waals surface area (Å²) >= 11 is 1.70. The van der Waals surface area contributed by atoms with Crippen molar-refractivity contribution < 1.29 is 4.57 Å². The summed E-state index contributed by atoms with van der Waals surface area (Å²) in [5.74, 6) is 1.68. The fourth-order valence-corrected chi connectivity index (χ4v) is 12.2. The molecule has 1 atom stereocenters. The van der Waals surface area contributed by atoms with Crippen LogP contribution in [0.3, 0.4) is 0 Å². The van der Waals surface area contributed by atoms with Crippen molar-refractivity contribution in [2.75, 3.05) is 4.67 Å². The van der Waals surface area contributed by atoms with Gasteiger partial charge in [-0.1, -0.05) is 140 Å². The molecule has 0 bridgehead atoms. The highest BCUT2D eigenvalue weighted by Crippen LogP contribution is 2.63. The van der Waals surface area contributed by atoms with Crippen LogP contribution in [0, 0.1) is 0 Å². The Morgan fingerprint density at radius 2 is 1.00 bits per heavy atom. The van der Waals surface area contributed by atoms with Crippen LogP contribution in [-0.4, -0.2) is 15.0 Å². The maximum atomic E-state index is 16.9. The van der Waals surface area contributed by atoms with E-state index in [4.69, 9.17) is 15.0 Å². The van der Waals surface area contributed by atoms with Crippen molar-refractivity contribution >= 4 is 60.8 Å². The van der Waals surface area contributed by atoms with E-state index >= 15 is 4.57 Å². The van der Waals surface area contributed by atoms with E-state index in [2.05, 4.69) is 59.3 Å². The molecule has 0 spiro atoms. The number of anilines is 2. The van der Waals surface area contributed by atoms with Crippen LogP contribution in [0.2, 0.25) is 0 Å². The Balaban J connectivity index is 1.31. The van der Waals surface area contributed by atoms with Crippen LogP contribution < -0.4 is 15.3 Å². The lowest BCUT2D eigenvalue weighted by atomic mass is 9.96. The number of hydrogen-bond acceptors (Lipinski definition) is 5. The smallest absolute Gasteiger partial charge is 0.236 e. The zero-order chi connectivity index (χ0) is 34.6. The number of para-hydroxylation sites is 2. The Morgan fingerprint density at radius 1 is 0.462 bits per heavy atom. The van der Waals surface area contributed by atoms with E-state index in [0.29, 0.717) is 17.5 Å². The van der Waals surface area contributed by atoms with E-state index in [0.717, 1.165) is 59.9 Å². The van der Waals surface area contributed by atoms with E-state index in [-0.39, 0.29) is 0 Å². The van der Waals surface area contributed by atoms with Gasteiger partial charge in [-0.25, -0.2) is 15.0 Å². The Kier molecular flexibility index (Phi) is 7.20. The van der Waals surface area contributed by atoms with Gasteiger partial charge in [-0.05, 0) is 36.4 Å². The van der Waals surface area contributed by atoms with Crippen molar-refractivity contribution in [2.24, 2.45) is 0 Å². The lowest BCUT2D eigenvalue weighted by Crippen LogP contribution is -2.34. The first-order valence-electron chi connectivity index (χ1n) is 17.2. The van der Waals surface area contributed by atoms with E-state index < -0.39 is 7.29 Å². The first kappa shape index (κ1) is 30.6. The van der Waals surface area contributed by atoms with Gasteiger partial charge in [0.15, 0.2) is 17.5 Å². The Bertz CT molecular complexity index is 2780. The maximum Gasteiger partial charge on any atom is 0.236 e. The fraction of sp³-hybridized carbons (Fsp3) is 0. The first-order chi connectivity index (χ1) is 25.7. The zero-order valence-electron chi connectivity index (χ0n) is 27.8. The minimum atomic E-state index is -3.64. The lowest BCUT2D eigenvalue weighted by Gasteiger charge is -2.41. The van der Waals surface area contributed by atoms with Gasteiger partial charge in [-0.15, -0.1) is 11.3 Å². The number of benzene rings is 7. The van der Waals surface area contributed by atoms with Crippen LogP contribution in [0.15, 0.2) is 176 Å². The summed E-state index contributed by atoms with van der Waals surface area (Å²) in [5.41, 5.74) is 6.17. The van der Waals surface area contributed by atoms with Gasteiger partial charge in [0.2, 0.25) is 7.29 Å². The van der Waals surface area contributed by atoms with Gasteiger partial charge in [-0.3, -0.25) is 9.24 Å². The van der Waals surface area contributed by atoms with Crippen molar-refractivity contribution in [1.82, 2.24) is 15.0 Å². The molecule has 0 radical (unpaired) electrons. The van der Waals surface area contributed by atoms with Crippen LogP contribution >= 0.6 is 18.6 Å². The van der Waals surface area contributed by atoms with Gasteiger partial charge < -0.3 is 0 Å². The third-order valence-electron chi connectivity index (χ3n) is 9.70. The number of rotatable bonds is 5. The highest BCUT2D eigenvalue weighted by atomic mass is 32.1. The highest BCUT2D eigenvalue weighted by molar-refractivity contribution is 7.81. The largest absolute Gasteiger partial charge is 0.289 e. The molecule has 0 saturated carbocycles. The summed E-state index contributed by atoms with van der Waals surface area (Å²) in [7, 11) is -3.64. The molecule has 3 heterocycles. The van der Waals surface area contributed by atoms with Gasteiger partial charge in [-0.2, -0.15) is 0 Å². The molecule has 1 aliphatic rings. The van der Waals surface area contributed by atoms with E-state index in [1.165, 1.54) is 10.1 Å². The molecular formula is C45H29N4OPS. The fourth-order valence-electron chi connectivity index (χ4n) is 7.40. The third-order valence-corrected chi connectivity index (χ3v) is 14.1. The third kappa shape index (κ3) is 4.76. The molecule has 7 aromatic carbocycles. The normalized spacial score (nSPS) is 15.0. The van der Waals surface area contributed by atoms with Gasteiger partial charge in [0, 0.05) is 59.0 Å². The van der Waals surface area contributed by atoms with Crippen LogP contribution in [0.25, 0.3) is 65.5 Å². The average Bonchev–Trinajstić information content (AvgIpc) is 3.61. The van der Waals surface area contributed by atoms with Crippen molar-refractivity contribution in [3.63, 3.8) is 0 Å². The zero-order valence-corrected chi connectivity index (χ0v) is 29.5. The first-order valence-corrected chi connectivity index (χ1v) is 19.6. The van der Waals surface area contributed by atoms with Gasteiger partial charge in [0.1, 0.15) is 0 Å². The summed E-state index contributed by atoms with van der Waals surface area (Å²) < 4.78 is 21.2. The Labute approximate surface area is 305 Å². The molecule has 7 heteroatoms. The van der Waals surface area contributed by atoms with E-state index in [9.17, 15) is 0 Å². The topological polar surface area (TPSA) is 59.0 Å². The summed E-state index contributed by atoms with van der Waals surface area (Å²) in [4.78, 5) is 15.2. The van der Waals surface area contributed by atoms with Gasteiger partial charge in [0.25, 0.3) is 0 Å². The van der Waals surface area contributed by atoms with Gasteiger partial charge in [0.05, 0.1) is 11.0 Å². The molecule has 0 N–H and O–H groups in total. The number of nitrogens with zero attached hydrogens (tertiary/aromatic N) is 4. The Morgan fingerprint density at radius 3 is 1.73 bits per heavy atom. The molecule has 0 aliphatic carbocycles. The molecule has 2 aromatic heterocycles. The predicted octanol–water partition coefficient (Wildman–Crippen LogP) is 11.3. The molecule has 9 aromatic rings. The monoisotopic (exact) mass is 704 g/mol. The molecule has 52 heavy (non-hydrogen) atoms. The molecule has 10 rings (SSSR count). The van der Waals surface area contributed by atoms with Crippen molar-refractivity contribution in [2.45, 2.75) is 0 Å². The van der Waals surface area contributed by atoms with Crippen LogP contribution in [-0.2, 0) is 4.57 Å². The van der Waals surface area contributed by atoms with Crippen molar-refractivity contribution in [3.05, 3.63) is 176 Å². The standard InChI is InChI=1S/C45H29N4OPS/c50-51(39-28-14-24-34-33-22-11-13-29-40(33)52-42(34)39)38-27-15-25-36(41(38)35-23-10-12-26-37(35)49(51)32-20-8-3-9-21-32)45-47-43(30-16-4-1-5-17-30)46-44(48-45)31-18-6-2-7-19-31/h1-29H. The number of thiophene rings is 1. The summed E-state index contributed by atoms with van der Waals surface area (Å²) in [6.45, 7) is 0. The summed E-state index contributed by atoms with van der Waals surface area (Å²) in [6.07, 6.45) is 0. The molecule has 0 fully saturated rings. The second-order valence-electron chi connectivity index (χ2n) is 12.7. The van der Waals surface area contributed by atoms with Gasteiger partial charge >= 0.3 is 0 Å². The van der Waals surface area contributed by atoms with Crippen LogP contribution in [0.5, 0.6) is 0 Å². The molecule has 246 valence electrons. The van der Waals surface area contributed by atoms with Crippen LogP contribution in [0.4, 0.5) is 11.4 Å². The number of hydrogen-bond donors (Lipinski definition) is 0. The minimum absolute atomic E-state index is 0.527. The second-order valence-corrected chi connectivity index (χ2v) is 16.3. The number of aromatic nitrogens is 3. The molecule has 0 saturated heterocycles. The molecule has 1 unspecified atom stereocenters. The Hall–Kier alpha value is -6.20. The maximum absolute atomic E-state index is 16.9. The molecule has 0 amide bonds. The SMILES string of the molecule is O=P1(c2cccc3c2sc2ccccc23)c2cccc(-c3nc(-c4ccccc4)nc(-c4ccccc4)n3)c2-c2ccccc2N1c1ccccc1. The van der Waals surface area contributed by atoms with E-state index in [1.807, 2.05) is 121 Å². The van der Waals surface area contributed by atoms with Crippen molar-refractivity contribution in [3.8, 4) is 45.3 Å². The quantitative estimate of drug-likeness (QED) is 0.167. The summed E-state index contributed by atoms with van der Waals surface area (Å²) in [5, 5.41) is 3.84. The molecule has 5 nitrogen and oxygen atoms in total. The van der Waals surface area contributed by atoms with Crippen LogP contribution in [0.1, 0.15) is 0 Å².